The van der Waals surface area contributed by atoms with Gasteiger partial charge in [0.25, 0.3) is 0 Å². The van der Waals surface area contributed by atoms with Crippen LogP contribution >= 0.6 is 0 Å². The van der Waals surface area contributed by atoms with E-state index in [1.807, 2.05) is 30.3 Å². The molecule has 0 spiro atoms. The zero-order chi connectivity index (χ0) is 18.3. The molecular formula is C17H17N3O6. The molecule has 3 amide bonds. The number of fused-ring (bicyclic) bond motifs is 1. The Bertz CT molecular complexity index is 767. The highest BCUT2D eigenvalue weighted by atomic mass is 16.7. The third-order valence-electron chi connectivity index (χ3n) is 4.51. The van der Waals surface area contributed by atoms with E-state index in [4.69, 9.17) is 14.3 Å². The molecule has 2 saturated heterocycles. The standard InChI is InChI=1S/C17H17N3O6/c1-24-16(22)19-14-8-7-13(12-9-15(21)18(12)19)26-20(14)17(23)25-10-11-5-3-2-4-6-11/h2-8,12-14H,9-10H2,1H3. The van der Waals surface area contributed by atoms with E-state index in [0.717, 1.165) is 15.6 Å². The fourth-order valence-corrected chi connectivity index (χ4v) is 3.21. The van der Waals surface area contributed by atoms with Crippen molar-refractivity contribution >= 4 is 18.1 Å². The number of rotatable bonds is 2. The molecule has 2 fully saturated rings. The Morgan fingerprint density at radius 1 is 1.19 bits per heavy atom. The van der Waals surface area contributed by atoms with Crippen LogP contribution in [0.4, 0.5) is 9.59 Å². The number of hydroxylamine groups is 2. The molecule has 4 aliphatic heterocycles. The van der Waals surface area contributed by atoms with Crippen LogP contribution in [0.15, 0.2) is 42.5 Å². The highest BCUT2D eigenvalue weighted by Gasteiger charge is 2.56. The lowest BCUT2D eigenvalue weighted by atomic mass is 9.98. The minimum absolute atomic E-state index is 0.0604. The Hall–Kier alpha value is -3.07. The first-order valence-electron chi connectivity index (χ1n) is 8.14. The van der Waals surface area contributed by atoms with E-state index >= 15 is 0 Å². The molecule has 0 aliphatic carbocycles. The van der Waals surface area contributed by atoms with Crippen LogP contribution in [-0.4, -0.2) is 58.6 Å². The van der Waals surface area contributed by atoms with Crippen LogP contribution in [0.3, 0.4) is 0 Å². The maximum atomic E-state index is 12.5. The zero-order valence-electron chi connectivity index (χ0n) is 14.0. The van der Waals surface area contributed by atoms with Gasteiger partial charge in [0, 0.05) is 0 Å². The molecule has 0 aromatic heterocycles. The SMILES string of the molecule is COC(=O)N1C2C=CC(ON2C(=O)OCc2ccccc2)C2CC(=O)N21. The summed E-state index contributed by atoms with van der Waals surface area (Å²) in [5.74, 6) is -0.234. The average molecular weight is 359 g/mol. The smallest absolute Gasteiger partial charge is 0.436 e. The van der Waals surface area contributed by atoms with Gasteiger partial charge in [0.1, 0.15) is 12.7 Å². The van der Waals surface area contributed by atoms with E-state index in [-0.39, 0.29) is 25.0 Å². The second-order valence-corrected chi connectivity index (χ2v) is 6.06. The molecule has 0 N–H and O–H groups in total. The van der Waals surface area contributed by atoms with E-state index in [2.05, 4.69) is 0 Å². The Kier molecular flexibility index (Phi) is 4.00. The summed E-state index contributed by atoms with van der Waals surface area (Å²) in [6, 6.07) is 8.83. The van der Waals surface area contributed by atoms with E-state index in [1.165, 1.54) is 12.1 Å². The van der Waals surface area contributed by atoms with Gasteiger partial charge in [-0.15, -0.1) is 0 Å². The summed E-state index contributed by atoms with van der Waals surface area (Å²) in [7, 11) is 1.21. The number of nitrogens with zero attached hydrogens (tertiary/aromatic N) is 3. The summed E-state index contributed by atoms with van der Waals surface area (Å²) in [6.45, 7) is 0.0604. The van der Waals surface area contributed by atoms with E-state index in [0.29, 0.717) is 0 Å². The van der Waals surface area contributed by atoms with Gasteiger partial charge in [0.15, 0.2) is 6.17 Å². The van der Waals surface area contributed by atoms with Crippen LogP contribution in [-0.2, 0) is 25.7 Å². The van der Waals surface area contributed by atoms with Crippen LogP contribution < -0.4 is 0 Å². The van der Waals surface area contributed by atoms with E-state index < -0.39 is 24.5 Å². The Morgan fingerprint density at radius 3 is 2.65 bits per heavy atom. The summed E-state index contributed by atoms with van der Waals surface area (Å²) in [5, 5.41) is 3.34. The van der Waals surface area contributed by atoms with Crippen molar-refractivity contribution < 1.29 is 28.7 Å². The van der Waals surface area contributed by atoms with Gasteiger partial charge in [0.05, 0.1) is 19.6 Å². The second kappa shape index (κ2) is 6.34. The van der Waals surface area contributed by atoms with Crippen LogP contribution in [0, 0.1) is 0 Å². The van der Waals surface area contributed by atoms with E-state index in [9.17, 15) is 14.4 Å². The number of hydrogen-bond acceptors (Lipinski definition) is 6. The maximum absolute atomic E-state index is 12.5. The fraction of sp³-hybridized carbons (Fsp3) is 0.353. The van der Waals surface area contributed by atoms with E-state index in [1.54, 1.807) is 12.2 Å². The normalized spacial score (nSPS) is 26.1. The predicted octanol–water partition coefficient (Wildman–Crippen LogP) is 1.42. The number of carbonyl (C=O) groups excluding carboxylic acids is 3. The largest absolute Gasteiger partial charge is 0.451 e. The Balaban J connectivity index is 1.55. The highest BCUT2D eigenvalue weighted by Crippen LogP contribution is 2.37. The van der Waals surface area contributed by atoms with Crippen molar-refractivity contribution in [3.63, 3.8) is 0 Å². The van der Waals surface area contributed by atoms with Crippen LogP contribution in [0.5, 0.6) is 0 Å². The van der Waals surface area contributed by atoms with Crippen molar-refractivity contribution in [3.05, 3.63) is 48.0 Å². The molecule has 3 atom stereocenters. The number of ether oxygens (including phenoxy) is 2. The highest BCUT2D eigenvalue weighted by molar-refractivity contribution is 5.86. The van der Waals surface area contributed by atoms with Gasteiger partial charge in [-0.1, -0.05) is 36.4 Å². The Labute approximate surface area is 149 Å². The second-order valence-electron chi connectivity index (χ2n) is 6.06. The van der Waals surface area contributed by atoms with Crippen molar-refractivity contribution in [2.45, 2.75) is 31.3 Å². The molecule has 26 heavy (non-hydrogen) atoms. The number of carbonyl (C=O) groups is 3. The summed E-state index contributed by atoms with van der Waals surface area (Å²) in [5.41, 5.74) is 0.820. The molecule has 136 valence electrons. The monoisotopic (exact) mass is 359 g/mol. The van der Waals surface area contributed by atoms with Gasteiger partial charge >= 0.3 is 12.2 Å². The molecule has 3 unspecified atom stereocenters. The van der Waals surface area contributed by atoms with Gasteiger partial charge in [-0.05, 0) is 11.6 Å². The van der Waals surface area contributed by atoms with Gasteiger partial charge in [-0.2, -0.15) is 10.1 Å². The molecule has 2 bridgehead atoms. The topological polar surface area (TPSA) is 88.6 Å². The van der Waals surface area contributed by atoms with Crippen molar-refractivity contribution in [1.82, 2.24) is 15.1 Å². The lowest BCUT2D eigenvalue weighted by molar-refractivity contribution is -0.193. The van der Waals surface area contributed by atoms with Gasteiger partial charge in [-0.3, -0.25) is 9.63 Å². The number of methoxy groups -OCH3 is 1. The minimum Gasteiger partial charge on any atom is -0.451 e. The van der Waals surface area contributed by atoms with Crippen molar-refractivity contribution in [2.75, 3.05) is 7.11 Å². The van der Waals surface area contributed by atoms with Crippen molar-refractivity contribution in [2.24, 2.45) is 0 Å². The van der Waals surface area contributed by atoms with Crippen molar-refractivity contribution in [1.29, 1.82) is 0 Å². The molecule has 0 radical (unpaired) electrons. The predicted molar refractivity (Wildman–Crippen MR) is 85.8 cm³/mol. The third-order valence-corrected chi connectivity index (χ3v) is 4.51. The zero-order valence-corrected chi connectivity index (χ0v) is 14.0. The number of amides is 3. The average Bonchev–Trinajstić information content (AvgIpc) is 2.86. The first-order valence-corrected chi connectivity index (χ1v) is 8.14. The summed E-state index contributed by atoms with van der Waals surface area (Å²) in [4.78, 5) is 42.5. The molecule has 1 aromatic carbocycles. The lowest BCUT2D eigenvalue weighted by Gasteiger charge is -2.45. The molecule has 4 heterocycles. The third kappa shape index (κ3) is 2.57. The quantitative estimate of drug-likeness (QED) is 0.586. The molecular weight excluding hydrogens is 342 g/mol. The van der Waals surface area contributed by atoms with Gasteiger partial charge in [0.2, 0.25) is 5.91 Å². The lowest BCUT2D eigenvalue weighted by Crippen LogP contribution is -2.66. The molecule has 9 nitrogen and oxygen atoms in total. The Morgan fingerprint density at radius 2 is 1.96 bits per heavy atom. The molecule has 5 rings (SSSR count). The van der Waals surface area contributed by atoms with Crippen molar-refractivity contribution in [3.8, 4) is 0 Å². The molecule has 1 aromatic rings. The fourth-order valence-electron chi connectivity index (χ4n) is 3.21. The number of β-lactam (4-membered cyclic amide) rings is 1. The van der Waals surface area contributed by atoms with Gasteiger partial charge in [-0.25, -0.2) is 14.6 Å². The van der Waals surface area contributed by atoms with Crippen LogP contribution in [0.2, 0.25) is 0 Å². The number of hydrazine groups is 1. The summed E-state index contributed by atoms with van der Waals surface area (Å²) >= 11 is 0. The van der Waals surface area contributed by atoms with Gasteiger partial charge < -0.3 is 9.47 Å². The minimum atomic E-state index is -0.962. The first kappa shape index (κ1) is 16.4. The summed E-state index contributed by atoms with van der Waals surface area (Å²) in [6.07, 6.45) is 0.572. The first-order chi connectivity index (χ1) is 12.6. The maximum Gasteiger partial charge on any atom is 0.436 e. The number of benzene rings is 1. The molecule has 0 saturated carbocycles. The number of hydrogen-bond donors (Lipinski definition) is 0. The van der Waals surface area contributed by atoms with Crippen LogP contribution in [0.25, 0.3) is 0 Å². The summed E-state index contributed by atoms with van der Waals surface area (Å²) < 4.78 is 10.1. The molecule has 9 heteroatoms. The molecule has 4 aliphatic rings. The van der Waals surface area contributed by atoms with Crippen LogP contribution in [0.1, 0.15) is 12.0 Å².